The highest BCUT2D eigenvalue weighted by atomic mass is 16.2. The highest BCUT2D eigenvalue weighted by Crippen LogP contribution is 2.25. The summed E-state index contributed by atoms with van der Waals surface area (Å²) < 4.78 is 0. The second-order valence-corrected chi connectivity index (χ2v) is 4.96. The Hall–Kier alpha value is -0.610. The van der Waals surface area contributed by atoms with Crippen molar-refractivity contribution < 1.29 is 4.79 Å². The largest absolute Gasteiger partial charge is 0.339 e. The van der Waals surface area contributed by atoms with Crippen molar-refractivity contribution in [2.45, 2.75) is 44.7 Å². The quantitative estimate of drug-likeness (QED) is 0.757. The van der Waals surface area contributed by atoms with E-state index in [2.05, 4.69) is 4.90 Å². The predicted octanol–water partition coefficient (Wildman–Crippen LogP) is 0.420. The molecule has 1 aliphatic carbocycles. The van der Waals surface area contributed by atoms with Crippen LogP contribution >= 0.6 is 0 Å². The zero-order chi connectivity index (χ0) is 11.5. The molecule has 1 heterocycles. The Kier molecular flexibility index (Phi) is 3.82. The summed E-state index contributed by atoms with van der Waals surface area (Å²) in [5.41, 5.74) is 5.77. The number of piperazine rings is 1. The standard InChI is InChI=1S/C12H23N3O/c1-2-11(13)12(16)15-8-6-14(7-9-15)10-4-3-5-10/h10-11H,2-9,13H2,1H3/t11-/m0/s1. The molecule has 1 amide bonds. The van der Waals surface area contributed by atoms with Gasteiger partial charge in [-0.25, -0.2) is 0 Å². The van der Waals surface area contributed by atoms with Crippen molar-refractivity contribution in [2.24, 2.45) is 5.73 Å². The molecular formula is C12H23N3O. The molecule has 92 valence electrons. The number of amides is 1. The zero-order valence-corrected chi connectivity index (χ0v) is 10.2. The van der Waals surface area contributed by atoms with Crippen molar-refractivity contribution >= 4 is 5.91 Å². The molecule has 0 spiro atoms. The molecule has 1 saturated carbocycles. The lowest BCUT2D eigenvalue weighted by molar-refractivity contribution is -0.135. The average molecular weight is 225 g/mol. The predicted molar refractivity (Wildman–Crippen MR) is 64.1 cm³/mol. The third-order valence-electron chi connectivity index (χ3n) is 3.97. The Labute approximate surface area is 97.8 Å². The molecular weight excluding hydrogens is 202 g/mol. The average Bonchev–Trinajstić information content (AvgIpc) is 2.26. The molecule has 4 nitrogen and oxygen atoms in total. The second kappa shape index (κ2) is 5.15. The molecule has 2 aliphatic rings. The molecule has 2 rings (SSSR count). The molecule has 0 aromatic carbocycles. The topological polar surface area (TPSA) is 49.6 Å². The van der Waals surface area contributed by atoms with E-state index in [1.807, 2.05) is 11.8 Å². The van der Waals surface area contributed by atoms with Crippen molar-refractivity contribution in [1.29, 1.82) is 0 Å². The van der Waals surface area contributed by atoms with E-state index in [1.54, 1.807) is 0 Å². The molecule has 0 aromatic heterocycles. The molecule has 4 heteroatoms. The Morgan fingerprint density at radius 1 is 1.31 bits per heavy atom. The summed E-state index contributed by atoms with van der Waals surface area (Å²) >= 11 is 0. The second-order valence-electron chi connectivity index (χ2n) is 4.96. The Balaban J connectivity index is 1.77. The number of hydrogen-bond donors (Lipinski definition) is 1. The van der Waals surface area contributed by atoms with Gasteiger partial charge in [0.2, 0.25) is 5.91 Å². The number of carbonyl (C=O) groups excluding carboxylic acids is 1. The van der Waals surface area contributed by atoms with Gasteiger partial charge in [-0.2, -0.15) is 0 Å². The highest BCUT2D eigenvalue weighted by Gasteiger charge is 2.30. The molecule has 1 saturated heterocycles. The van der Waals surface area contributed by atoms with E-state index in [-0.39, 0.29) is 11.9 Å². The van der Waals surface area contributed by atoms with Gasteiger partial charge < -0.3 is 10.6 Å². The number of rotatable bonds is 3. The van der Waals surface area contributed by atoms with Crippen LogP contribution in [0.1, 0.15) is 32.6 Å². The van der Waals surface area contributed by atoms with Gasteiger partial charge in [0.15, 0.2) is 0 Å². The first-order valence-electron chi connectivity index (χ1n) is 6.50. The van der Waals surface area contributed by atoms with Crippen LogP contribution in [0, 0.1) is 0 Å². The van der Waals surface area contributed by atoms with Crippen LogP contribution in [0.2, 0.25) is 0 Å². The lowest BCUT2D eigenvalue weighted by atomic mass is 9.91. The van der Waals surface area contributed by atoms with Gasteiger partial charge in [0.1, 0.15) is 0 Å². The molecule has 1 atom stereocenters. The molecule has 1 aliphatic heterocycles. The van der Waals surface area contributed by atoms with Crippen LogP contribution in [-0.2, 0) is 4.79 Å². The molecule has 0 radical (unpaired) electrons. The van der Waals surface area contributed by atoms with Gasteiger partial charge >= 0.3 is 0 Å². The van der Waals surface area contributed by atoms with E-state index in [1.165, 1.54) is 19.3 Å². The molecule has 16 heavy (non-hydrogen) atoms. The molecule has 0 bridgehead atoms. The monoisotopic (exact) mass is 225 g/mol. The fourth-order valence-corrected chi connectivity index (χ4v) is 2.47. The minimum atomic E-state index is -0.296. The summed E-state index contributed by atoms with van der Waals surface area (Å²) in [4.78, 5) is 16.3. The highest BCUT2D eigenvalue weighted by molar-refractivity contribution is 5.81. The van der Waals surface area contributed by atoms with E-state index in [0.717, 1.165) is 38.6 Å². The fraction of sp³-hybridized carbons (Fsp3) is 0.917. The lowest BCUT2D eigenvalue weighted by Crippen LogP contribution is -2.56. The van der Waals surface area contributed by atoms with Gasteiger partial charge in [-0.15, -0.1) is 0 Å². The minimum Gasteiger partial charge on any atom is -0.339 e. The van der Waals surface area contributed by atoms with Gasteiger partial charge in [-0.05, 0) is 19.3 Å². The maximum atomic E-state index is 11.9. The van der Waals surface area contributed by atoms with Crippen LogP contribution in [0.25, 0.3) is 0 Å². The van der Waals surface area contributed by atoms with Crippen LogP contribution in [0.3, 0.4) is 0 Å². The Morgan fingerprint density at radius 2 is 1.94 bits per heavy atom. The summed E-state index contributed by atoms with van der Waals surface area (Å²) in [6.07, 6.45) is 4.82. The summed E-state index contributed by atoms with van der Waals surface area (Å²) in [7, 11) is 0. The summed E-state index contributed by atoms with van der Waals surface area (Å²) in [6, 6.07) is 0.507. The minimum absolute atomic E-state index is 0.135. The van der Waals surface area contributed by atoms with Gasteiger partial charge in [0.05, 0.1) is 6.04 Å². The number of hydrogen-bond acceptors (Lipinski definition) is 3. The maximum Gasteiger partial charge on any atom is 0.239 e. The molecule has 0 unspecified atom stereocenters. The molecule has 2 fully saturated rings. The summed E-state index contributed by atoms with van der Waals surface area (Å²) in [5.74, 6) is 0.135. The van der Waals surface area contributed by atoms with Crippen molar-refractivity contribution in [3.8, 4) is 0 Å². The van der Waals surface area contributed by atoms with E-state index in [9.17, 15) is 4.79 Å². The van der Waals surface area contributed by atoms with Crippen molar-refractivity contribution in [1.82, 2.24) is 9.80 Å². The van der Waals surface area contributed by atoms with Crippen LogP contribution in [-0.4, -0.2) is 54.0 Å². The smallest absolute Gasteiger partial charge is 0.239 e. The maximum absolute atomic E-state index is 11.9. The van der Waals surface area contributed by atoms with Crippen molar-refractivity contribution in [2.75, 3.05) is 26.2 Å². The van der Waals surface area contributed by atoms with Crippen LogP contribution in [0.15, 0.2) is 0 Å². The van der Waals surface area contributed by atoms with Crippen LogP contribution < -0.4 is 5.73 Å². The van der Waals surface area contributed by atoms with E-state index in [4.69, 9.17) is 5.73 Å². The third-order valence-corrected chi connectivity index (χ3v) is 3.97. The molecule has 0 aromatic rings. The summed E-state index contributed by atoms with van der Waals surface area (Å²) in [6.45, 7) is 5.76. The first-order valence-corrected chi connectivity index (χ1v) is 6.50. The van der Waals surface area contributed by atoms with Crippen LogP contribution in [0.5, 0.6) is 0 Å². The number of nitrogens with zero attached hydrogens (tertiary/aromatic N) is 2. The van der Waals surface area contributed by atoms with Crippen molar-refractivity contribution in [3.05, 3.63) is 0 Å². The van der Waals surface area contributed by atoms with Gasteiger partial charge in [0, 0.05) is 32.2 Å². The SMILES string of the molecule is CC[C@H](N)C(=O)N1CCN(C2CCC2)CC1. The normalized spacial score (nSPS) is 25.2. The van der Waals surface area contributed by atoms with E-state index < -0.39 is 0 Å². The number of carbonyl (C=O) groups is 1. The van der Waals surface area contributed by atoms with Crippen molar-refractivity contribution in [3.63, 3.8) is 0 Å². The first-order chi connectivity index (χ1) is 7.72. The van der Waals surface area contributed by atoms with Gasteiger partial charge in [0.25, 0.3) is 0 Å². The third kappa shape index (κ3) is 2.38. The zero-order valence-electron chi connectivity index (χ0n) is 10.2. The van der Waals surface area contributed by atoms with E-state index in [0.29, 0.717) is 0 Å². The first kappa shape index (κ1) is 11.9. The Bertz CT molecular complexity index is 245. The number of nitrogens with two attached hydrogens (primary N) is 1. The Morgan fingerprint density at radius 3 is 2.38 bits per heavy atom. The van der Waals surface area contributed by atoms with Crippen LogP contribution in [0.4, 0.5) is 0 Å². The lowest BCUT2D eigenvalue weighted by Gasteiger charge is -2.43. The van der Waals surface area contributed by atoms with E-state index >= 15 is 0 Å². The summed E-state index contributed by atoms with van der Waals surface area (Å²) in [5, 5.41) is 0. The van der Waals surface area contributed by atoms with Gasteiger partial charge in [-0.3, -0.25) is 9.69 Å². The molecule has 2 N–H and O–H groups in total. The fourth-order valence-electron chi connectivity index (χ4n) is 2.47. The van der Waals surface area contributed by atoms with Gasteiger partial charge in [-0.1, -0.05) is 13.3 Å².